The number of aromatic nitrogens is 1. The van der Waals surface area contributed by atoms with Crippen LogP contribution in [0.15, 0.2) is 77.7 Å². The van der Waals surface area contributed by atoms with Crippen molar-refractivity contribution in [3.8, 4) is 5.75 Å². The van der Waals surface area contributed by atoms with Crippen molar-refractivity contribution in [2.45, 2.75) is 26.3 Å². The van der Waals surface area contributed by atoms with E-state index in [1.54, 1.807) is 0 Å². The van der Waals surface area contributed by atoms with Crippen molar-refractivity contribution in [3.63, 3.8) is 0 Å². The molecule has 1 aromatic heterocycles. The molecule has 4 heterocycles. The Hall–Kier alpha value is -2.85. The standard InChI is InChI=1S/C24H21N2OS/c1-16(14-17-10-12-25-19-6-2-4-8-21(19)27-23(17)25)15-18-11-13-26-20-7-3-5-9-22(20)28-24(18)26/h2-9,14-15H,10-13H2,1H3/q+1. The van der Waals surface area contributed by atoms with Crippen molar-refractivity contribution in [2.75, 3.05) is 11.4 Å². The zero-order valence-corrected chi connectivity index (χ0v) is 16.6. The Morgan fingerprint density at radius 1 is 1.11 bits per heavy atom. The largest absolute Gasteiger partial charge is 0.438 e. The number of thiazole rings is 1. The van der Waals surface area contributed by atoms with Crippen LogP contribution in [0.25, 0.3) is 15.8 Å². The summed E-state index contributed by atoms with van der Waals surface area (Å²) < 4.78 is 9.99. The molecule has 0 N–H and O–H groups in total. The van der Waals surface area contributed by atoms with Gasteiger partial charge in [-0.3, -0.25) is 0 Å². The van der Waals surface area contributed by atoms with Gasteiger partial charge in [0.1, 0.15) is 4.70 Å². The molecule has 3 aromatic rings. The first-order chi connectivity index (χ1) is 13.8. The Morgan fingerprint density at radius 2 is 1.96 bits per heavy atom. The molecule has 0 aliphatic carbocycles. The fourth-order valence-corrected chi connectivity index (χ4v) is 5.76. The number of fused-ring (bicyclic) bond motifs is 6. The molecule has 138 valence electrons. The highest BCUT2D eigenvalue weighted by Gasteiger charge is 2.33. The number of nitrogens with zero attached hydrogens (tertiary/aromatic N) is 2. The van der Waals surface area contributed by atoms with E-state index in [0.29, 0.717) is 0 Å². The lowest BCUT2D eigenvalue weighted by Crippen LogP contribution is -2.30. The van der Waals surface area contributed by atoms with E-state index in [1.165, 1.54) is 37.6 Å². The van der Waals surface area contributed by atoms with Gasteiger partial charge in [0.2, 0.25) is 11.4 Å². The molecule has 3 nitrogen and oxygen atoms in total. The van der Waals surface area contributed by atoms with Gasteiger partial charge in [0.15, 0.2) is 12.3 Å². The lowest BCUT2D eigenvalue weighted by molar-refractivity contribution is -0.659. The van der Waals surface area contributed by atoms with E-state index in [1.807, 2.05) is 17.4 Å². The summed E-state index contributed by atoms with van der Waals surface area (Å²) in [6.45, 7) is 4.29. The van der Waals surface area contributed by atoms with Crippen molar-refractivity contribution < 1.29 is 9.30 Å². The third-order valence-corrected chi connectivity index (χ3v) is 7.02. The quantitative estimate of drug-likeness (QED) is 0.547. The van der Waals surface area contributed by atoms with Crippen LogP contribution in [0.1, 0.15) is 24.8 Å². The minimum absolute atomic E-state index is 0.973. The average Bonchev–Trinajstić information content (AvgIpc) is 3.44. The third-order valence-electron chi connectivity index (χ3n) is 5.78. The molecule has 0 amide bonds. The molecule has 6 rings (SSSR count). The van der Waals surface area contributed by atoms with E-state index < -0.39 is 0 Å². The molecule has 4 heteroatoms. The molecular weight excluding hydrogens is 364 g/mol. The van der Waals surface area contributed by atoms with Crippen molar-refractivity contribution in [3.05, 3.63) is 82.7 Å². The van der Waals surface area contributed by atoms with Gasteiger partial charge in [0, 0.05) is 30.2 Å². The second-order valence-electron chi connectivity index (χ2n) is 7.64. The van der Waals surface area contributed by atoms with Crippen LogP contribution in [0.4, 0.5) is 5.69 Å². The molecule has 0 bridgehead atoms. The van der Waals surface area contributed by atoms with Gasteiger partial charge in [-0.15, -0.1) is 0 Å². The van der Waals surface area contributed by atoms with Crippen LogP contribution in [0.5, 0.6) is 5.75 Å². The molecule has 0 saturated carbocycles. The van der Waals surface area contributed by atoms with Crippen LogP contribution in [0.3, 0.4) is 0 Å². The predicted octanol–water partition coefficient (Wildman–Crippen LogP) is 5.44. The Labute approximate surface area is 168 Å². The minimum Gasteiger partial charge on any atom is -0.438 e. The Morgan fingerprint density at radius 3 is 2.93 bits per heavy atom. The van der Waals surface area contributed by atoms with Gasteiger partial charge in [-0.25, -0.2) is 0 Å². The summed E-state index contributed by atoms with van der Waals surface area (Å²) >= 11 is 1.91. The molecular formula is C24H21N2OS+. The summed E-state index contributed by atoms with van der Waals surface area (Å²) in [5, 5.41) is 1.41. The summed E-state index contributed by atoms with van der Waals surface area (Å²) in [7, 11) is 0. The van der Waals surface area contributed by atoms with Crippen LogP contribution >= 0.6 is 11.3 Å². The van der Waals surface area contributed by atoms with Gasteiger partial charge in [-0.1, -0.05) is 47.3 Å². The molecule has 28 heavy (non-hydrogen) atoms. The fourth-order valence-electron chi connectivity index (χ4n) is 4.53. The Bertz CT molecular complexity index is 1210. The zero-order chi connectivity index (χ0) is 18.7. The second kappa shape index (κ2) is 6.08. The van der Waals surface area contributed by atoms with Gasteiger partial charge in [-0.05, 0) is 37.6 Å². The van der Waals surface area contributed by atoms with E-state index in [0.717, 1.165) is 37.6 Å². The summed E-state index contributed by atoms with van der Waals surface area (Å²) in [6, 6.07) is 17.0. The molecule has 0 spiro atoms. The maximum atomic E-state index is 6.15. The number of rotatable bonds is 2. The summed E-state index contributed by atoms with van der Waals surface area (Å²) in [6.07, 6.45) is 6.83. The van der Waals surface area contributed by atoms with Crippen LogP contribution in [-0.2, 0) is 6.54 Å². The van der Waals surface area contributed by atoms with Crippen LogP contribution < -0.4 is 14.2 Å². The molecule has 0 radical (unpaired) electrons. The summed E-state index contributed by atoms with van der Waals surface area (Å²) in [5.74, 6) is 1.99. The normalized spacial score (nSPS) is 19.4. The van der Waals surface area contributed by atoms with Gasteiger partial charge in [0.25, 0.3) is 5.01 Å². The van der Waals surface area contributed by atoms with Gasteiger partial charge in [-0.2, -0.15) is 4.57 Å². The van der Waals surface area contributed by atoms with Crippen molar-refractivity contribution in [1.29, 1.82) is 0 Å². The van der Waals surface area contributed by atoms with Gasteiger partial charge < -0.3 is 9.64 Å². The van der Waals surface area contributed by atoms with Crippen LogP contribution in [-0.4, -0.2) is 6.54 Å². The van der Waals surface area contributed by atoms with E-state index in [9.17, 15) is 0 Å². The highest BCUT2D eigenvalue weighted by Crippen LogP contribution is 2.43. The van der Waals surface area contributed by atoms with Gasteiger partial charge in [0.05, 0.1) is 5.69 Å². The number of anilines is 1. The van der Waals surface area contributed by atoms with Crippen molar-refractivity contribution in [1.82, 2.24) is 0 Å². The first-order valence-corrected chi connectivity index (χ1v) is 10.7. The molecule has 2 aromatic carbocycles. The van der Waals surface area contributed by atoms with Crippen LogP contribution in [0.2, 0.25) is 0 Å². The van der Waals surface area contributed by atoms with Crippen molar-refractivity contribution >= 4 is 32.8 Å². The Balaban J connectivity index is 1.34. The average molecular weight is 386 g/mol. The lowest BCUT2D eigenvalue weighted by atomic mass is 10.1. The van der Waals surface area contributed by atoms with Crippen LogP contribution in [0, 0.1) is 0 Å². The number of hydrogen-bond donors (Lipinski definition) is 0. The number of hydrogen-bond acceptors (Lipinski definition) is 3. The predicted molar refractivity (Wildman–Crippen MR) is 114 cm³/mol. The van der Waals surface area contributed by atoms with E-state index in [-0.39, 0.29) is 0 Å². The molecule has 0 fully saturated rings. The van der Waals surface area contributed by atoms with E-state index in [4.69, 9.17) is 4.74 Å². The summed E-state index contributed by atoms with van der Waals surface area (Å²) in [4.78, 5) is 2.30. The zero-order valence-electron chi connectivity index (χ0n) is 15.8. The molecule has 0 saturated heterocycles. The number of para-hydroxylation sites is 3. The maximum Gasteiger partial charge on any atom is 0.266 e. The smallest absolute Gasteiger partial charge is 0.266 e. The topological polar surface area (TPSA) is 16.4 Å². The number of aryl methyl sites for hydroxylation is 1. The third kappa shape index (κ3) is 2.38. The minimum atomic E-state index is 0.973. The maximum absolute atomic E-state index is 6.15. The fraction of sp³-hybridized carbons (Fsp3) is 0.208. The van der Waals surface area contributed by atoms with Gasteiger partial charge >= 0.3 is 0 Å². The number of benzene rings is 2. The SMILES string of the molecule is CC(=CC1=C2Oc3ccccc3N2CC1)C=C1CC[n+]2c1sc1ccccc12. The highest BCUT2D eigenvalue weighted by atomic mass is 32.1. The van der Waals surface area contributed by atoms with E-state index in [2.05, 4.69) is 71.0 Å². The lowest BCUT2D eigenvalue weighted by Gasteiger charge is -2.10. The summed E-state index contributed by atoms with van der Waals surface area (Å²) in [5.41, 5.74) is 6.60. The first kappa shape index (κ1) is 16.1. The van der Waals surface area contributed by atoms with Crippen molar-refractivity contribution in [2.24, 2.45) is 0 Å². The first-order valence-electron chi connectivity index (χ1n) is 9.86. The highest BCUT2D eigenvalue weighted by molar-refractivity contribution is 7.19. The monoisotopic (exact) mass is 385 g/mol. The Kier molecular flexibility index (Phi) is 3.50. The molecule has 0 unspecified atom stereocenters. The molecule has 3 aliphatic rings. The molecule has 3 aliphatic heterocycles. The number of allylic oxidation sites excluding steroid dienone is 4. The van der Waals surface area contributed by atoms with E-state index >= 15 is 0 Å². The molecule has 0 atom stereocenters. The number of ether oxygens (including phenoxy) is 1. The second-order valence-corrected chi connectivity index (χ2v) is 8.67.